The fraction of sp³-hybridized carbons (Fsp3) is 0.364. The van der Waals surface area contributed by atoms with Crippen LogP contribution < -0.4 is 5.73 Å². The number of unbranched alkanes of at least 4 members (excludes halogenated alkanes) is 1. The smallest absolute Gasteiger partial charge is 0.261 e. The van der Waals surface area contributed by atoms with Crippen molar-refractivity contribution in [3.05, 3.63) is 70.3 Å². The molecule has 2 aromatic carbocycles. The maximum absolute atomic E-state index is 12.3. The van der Waals surface area contributed by atoms with Crippen LogP contribution in [0.2, 0.25) is 0 Å². The van der Waals surface area contributed by atoms with E-state index < -0.39 is 0 Å². The minimum atomic E-state index is -0.176. The third kappa shape index (κ3) is 3.86. The van der Waals surface area contributed by atoms with Gasteiger partial charge in [0.2, 0.25) is 0 Å². The highest BCUT2D eigenvalue weighted by atomic mass is 16.2. The lowest BCUT2D eigenvalue weighted by molar-refractivity contribution is 0.0651. The Morgan fingerprint density at radius 2 is 1.62 bits per heavy atom. The predicted molar refractivity (Wildman–Crippen MR) is 103 cm³/mol. The molecule has 0 saturated carbocycles. The summed E-state index contributed by atoms with van der Waals surface area (Å²) in [4.78, 5) is 26.0. The Balaban J connectivity index is 1.46. The third-order valence-electron chi connectivity index (χ3n) is 5.07. The van der Waals surface area contributed by atoms with E-state index in [2.05, 4.69) is 32.0 Å². The normalized spacial score (nSPS) is 14.7. The third-order valence-corrected chi connectivity index (χ3v) is 5.07. The van der Waals surface area contributed by atoms with Gasteiger partial charge in [0.05, 0.1) is 11.1 Å². The maximum atomic E-state index is 12.3. The van der Waals surface area contributed by atoms with Crippen LogP contribution in [-0.2, 0) is 6.42 Å². The molecule has 136 valence electrons. The lowest BCUT2D eigenvalue weighted by Crippen LogP contribution is -2.31. The van der Waals surface area contributed by atoms with Crippen molar-refractivity contribution in [3.8, 4) is 0 Å². The number of nitrogens with zero attached hydrogens (tertiary/aromatic N) is 1. The molecule has 2 amide bonds. The SMILES string of the molecule is Cc1ccc(C[C@H](N)CCCCN2C(=O)c3ccccc3C2=O)c(C)c1. The number of aryl methyl sites for hydroxylation is 2. The standard InChI is InChI=1S/C22H26N2O2/c1-15-10-11-17(16(2)13-15)14-18(23)7-5-6-12-24-21(25)19-8-3-4-9-20(19)22(24)26/h3-4,8-11,13,18H,5-7,12,14,23H2,1-2H3/t18-/m1/s1. The Morgan fingerprint density at radius 3 is 2.23 bits per heavy atom. The van der Waals surface area contributed by atoms with Crippen molar-refractivity contribution in [2.45, 2.75) is 45.6 Å². The second-order valence-corrected chi connectivity index (χ2v) is 7.20. The summed E-state index contributed by atoms with van der Waals surface area (Å²) in [5.74, 6) is -0.352. The lowest BCUT2D eigenvalue weighted by atomic mass is 9.97. The largest absolute Gasteiger partial charge is 0.327 e. The summed E-state index contributed by atoms with van der Waals surface area (Å²) >= 11 is 0. The van der Waals surface area contributed by atoms with Gasteiger partial charge in [-0.05, 0) is 56.4 Å². The Kier molecular flexibility index (Phi) is 5.52. The first-order valence-corrected chi connectivity index (χ1v) is 9.24. The molecule has 26 heavy (non-hydrogen) atoms. The molecule has 1 aliphatic rings. The van der Waals surface area contributed by atoms with Crippen molar-refractivity contribution in [1.29, 1.82) is 0 Å². The van der Waals surface area contributed by atoms with Gasteiger partial charge in [-0.2, -0.15) is 0 Å². The molecular formula is C22H26N2O2. The molecule has 2 aromatic rings. The monoisotopic (exact) mass is 350 g/mol. The van der Waals surface area contributed by atoms with E-state index in [-0.39, 0.29) is 17.9 Å². The Bertz CT molecular complexity index is 794. The summed E-state index contributed by atoms with van der Waals surface area (Å²) in [7, 11) is 0. The Morgan fingerprint density at radius 1 is 0.962 bits per heavy atom. The van der Waals surface area contributed by atoms with E-state index in [1.54, 1.807) is 24.3 Å². The van der Waals surface area contributed by atoms with E-state index in [1.807, 2.05) is 0 Å². The van der Waals surface area contributed by atoms with Crippen LogP contribution >= 0.6 is 0 Å². The van der Waals surface area contributed by atoms with E-state index in [1.165, 1.54) is 21.6 Å². The number of carbonyl (C=O) groups excluding carboxylic acids is 2. The summed E-state index contributed by atoms with van der Waals surface area (Å²) in [6, 6.07) is 13.6. The van der Waals surface area contributed by atoms with Crippen LogP contribution in [0.1, 0.15) is 56.7 Å². The number of fused-ring (bicyclic) bond motifs is 1. The molecular weight excluding hydrogens is 324 g/mol. The summed E-state index contributed by atoms with van der Waals surface area (Å²) < 4.78 is 0. The molecule has 0 spiro atoms. The van der Waals surface area contributed by atoms with Crippen LogP contribution in [0.4, 0.5) is 0 Å². The minimum Gasteiger partial charge on any atom is -0.327 e. The number of rotatable bonds is 7. The van der Waals surface area contributed by atoms with Gasteiger partial charge in [0, 0.05) is 12.6 Å². The summed E-state index contributed by atoms with van der Waals surface area (Å²) in [5, 5.41) is 0. The van der Waals surface area contributed by atoms with Gasteiger partial charge in [-0.15, -0.1) is 0 Å². The average molecular weight is 350 g/mol. The molecule has 0 saturated heterocycles. The van der Waals surface area contributed by atoms with E-state index >= 15 is 0 Å². The number of hydrogen-bond donors (Lipinski definition) is 1. The number of imide groups is 1. The second kappa shape index (κ2) is 7.83. The van der Waals surface area contributed by atoms with E-state index in [0.29, 0.717) is 17.7 Å². The van der Waals surface area contributed by atoms with Crippen LogP contribution in [0, 0.1) is 13.8 Å². The van der Waals surface area contributed by atoms with Crippen molar-refractivity contribution >= 4 is 11.8 Å². The number of amides is 2. The zero-order valence-electron chi connectivity index (χ0n) is 15.5. The van der Waals surface area contributed by atoms with Gasteiger partial charge in [0.1, 0.15) is 0 Å². The van der Waals surface area contributed by atoms with E-state index in [4.69, 9.17) is 5.73 Å². The molecule has 1 atom stereocenters. The molecule has 1 aliphatic heterocycles. The topological polar surface area (TPSA) is 63.4 Å². The van der Waals surface area contributed by atoms with Crippen LogP contribution in [0.25, 0.3) is 0 Å². The zero-order valence-corrected chi connectivity index (χ0v) is 15.5. The molecule has 2 N–H and O–H groups in total. The van der Waals surface area contributed by atoms with Crippen LogP contribution in [0.5, 0.6) is 0 Å². The van der Waals surface area contributed by atoms with Gasteiger partial charge in [-0.25, -0.2) is 0 Å². The highest BCUT2D eigenvalue weighted by molar-refractivity contribution is 6.21. The molecule has 4 heteroatoms. The summed E-state index contributed by atoms with van der Waals surface area (Å²) in [5.41, 5.74) is 11.2. The van der Waals surface area contributed by atoms with Gasteiger partial charge in [0.15, 0.2) is 0 Å². The number of carbonyl (C=O) groups is 2. The molecule has 0 bridgehead atoms. The van der Waals surface area contributed by atoms with Gasteiger partial charge in [0.25, 0.3) is 11.8 Å². The zero-order chi connectivity index (χ0) is 18.7. The van der Waals surface area contributed by atoms with Crippen molar-refractivity contribution in [1.82, 2.24) is 4.90 Å². The van der Waals surface area contributed by atoms with Crippen molar-refractivity contribution in [3.63, 3.8) is 0 Å². The minimum absolute atomic E-state index is 0.0959. The van der Waals surface area contributed by atoms with E-state index in [0.717, 1.165) is 25.7 Å². The fourth-order valence-corrected chi connectivity index (χ4v) is 3.58. The number of benzene rings is 2. The quantitative estimate of drug-likeness (QED) is 0.612. The van der Waals surface area contributed by atoms with Crippen molar-refractivity contribution in [2.75, 3.05) is 6.54 Å². The highest BCUT2D eigenvalue weighted by Gasteiger charge is 2.34. The lowest BCUT2D eigenvalue weighted by Gasteiger charge is -2.16. The first-order valence-electron chi connectivity index (χ1n) is 9.24. The van der Waals surface area contributed by atoms with Gasteiger partial charge >= 0.3 is 0 Å². The predicted octanol–water partition coefficient (Wildman–Crippen LogP) is 3.64. The fourth-order valence-electron chi connectivity index (χ4n) is 3.58. The average Bonchev–Trinajstić information content (AvgIpc) is 2.86. The number of nitrogens with two attached hydrogens (primary N) is 1. The summed E-state index contributed by atoms with van der Waals surface area (Å²) in [6.07, 6.45) is 3.43. The molecule has 0 radical (unpaired) electrons. The number of hydrogen-bond acceptors (Lipinski definition) is 3. The van der Waals surface area contributed by atoms with Crippen molar-refractivity contribution in [2.24, 2.45) is 5.73 Å². The first-order chi connectivity index (χ1) is 12.5. The molecule has 0 aliphatic carbocycles. The Hall–Kier alpha value is -2.46. The van der Waals surface area contributed by atoms with Crippen LogP contribution in [0.3, 0.4) is 0 Å². The van der Waals surface area contributed by atoms with Gasteiger partial charge in [-0.1, -0.05) is 42.3 Å². The molecule has 3 rings (SSSR count). The molecule has 1 heterocycles. The van der Waals surface area contributed by atoms with Crippen molar-refractivity contribution < 1.29 is 9.59 Å². The van der Waals surface area contributed by atoms with Crippen LogP contribution in [-0.4, -0.2) is 29.3 Å². The molecule has 0 aromatic heterocycles. The highest BCUT2D eigenvalue weighted by Crippen LogP contribution is 2.23. The first kappa shape index (κ1) is 18.3. The van der Waals surface area contributed by atoms with Gasteiger partial charge < -0.3 is 5.73 Å². The maximum Gasteiger partial charge on any atom is 0.261 e. The second-order valence-electron chi connectivity index (χ2n) is 7.20. The summed E-state index contributed by atoms with van der Waals surface area (Å²) in [6.45, 7) is 4.68. The van der Waals surface area contributed by atoms with Crippen LogP contribution in [0.15, 0.2) is 42.5 Å². The Labute approximate surface area is 155 Å². The molecule has 4 nitrogen and oxygen atoms in total. The van der Waals surface area contributed by atoms with Gasteiger partial charge in [-0.3, -0.25) is 14.5 Å². The van der Waals surface area contributed by atoms with E-state index in [9.17, 15) is 9.59 Å². The molecule has 0 unspecified atom stereocenters. The molecule has 0 fully saturated rings.